The first-order valence-corrected chi connectivity index (χ1v) is 9.05. The molecule has 23 heavy (non-hydrogen) atoms. The Balaban J connectivity index is 2.43. The fraction of sp³-hybridized carbons (Fsp3) is 0.778. The van der Waals surface area contributed by atoms with Crippen molar-refractivity contribution in [1.29, 1.82) is 0 Å². The number of nitrogens with zero attached hydrogens (tertiary/aromatic N) is 2. The Hall–Kier alpha value is -1.52. The third-order valence-electron chi connectivity index (χ3n) is 4.03. The van der Waals surface area contributed by atoms with Gasteiger partial charge in [-0.2, -0.15) is 0 Å². The second-order valence-corrected chi connectivity index (χ2v) is 6.21. The molecule has 0 saturated heterocycles. The Morgan fingerprint density at radius 2 is 2.00 bits per heavy atom. The number of nitrogens with one attached hydrogen (secondary N) is 2. The first-order chi connectivity index (χ1) is 11.1. The van der Waals surface area contributed by atoms with Crippen molar-refractivity contribution in [3.05, 3.63) is 17.0 Å². The van der Waals surface area contributed by atoms with E-state index in [-0.39, 0.29) is 0 Å². The Bertz CT molecular complexity index is 448. The topological polar surface area (TPSA) is 62.5 Å². The summed E-state index contributed by atoms with van der Waals surface area (Å²) in [7, 11) is 0. The molecule has 1 rings (SSSR count). The molecule has 5 heteroatoms. The van der Waals surface area contributed by atoms with Crippen LogP contribution in [0.4, 0.5) is 0 Å². The number of unbranched alkanes of at least 4 members (excludes halogenated alkanes) is 3. The molecule has 0 aliphatic heterocycles. The monoisotopic (exact) mass is 322 g/mol. The van der Waals surface area contributed by atoms with E-state index in [4.69, 9.17) is 4.52 Å². The first kappa shape index (κ1) is 19.5. The molecule has 1 atom stereocenters. The minimum atomic E-state index is 0.448. The number of hydrogen-bond acceptors (Lipinski definition) is 3. The van der Waals surface area contributed by atoms with Crippen LogP contribution in [-0.2, 0) is 6.42 Å². The largest absolute Gasteiger partial charge is 0.361 e. The summed E-state index contributed by atoms with van der Waals surface area (Å²) in [4.78, 5) is 4.68. The second kappa shape index (κ2) is 11.1. The van der Waals surface area contributed by atoms with Crippen LogP contribution in [0.3, 0.4) is 0 Å². The number of aromatic nitrogens is 1. The molecular weight excluding hydrogens is 288 g/mol. The van der Waals surface area contributed by atoms with E-state index in [1.54, 1.807) is 0 Å². The van der Waals surface area contributed by atoms with Gasteiger partial charge < -0.3 is 15.2 Å². The molecule has 1 heterocycles. The molecule has 1 unspecified atom stereocenters. The van der Waals surface area contributed by atoms with Gasteiger partial charge in [-0.3, -0.25) is 4.99 Å². The van der Waals surface area contributed by atoms with Crippen molar-refractivity contribution in [2.24, 2.45) is 4.99 Å². The lowest BCUT2D eigenvalue weighted by Gasteiger charge is -2.17. The summed E-state index contributed by atoms with van der Waals surface area (Å²) in [6.45, 7) is 12.1. The summed E-state index contributed by atoms with van der Waals surface area (Å²) < 4.78 is 5.20. The minimum absolute atomic E-state index is 0.448. The Labute approximate surface area is 141 Å². The zero-order chi connectivity index (χ0) is 17.1. The molecule has 2 N–H and O–H groups in total. The van der Waals surface area contributed by atoms with E-state index in [1.165, 1.54) is 37.7 Å². The van der Waals surface area contributed by atoms with Crippen molar-refractivity contribution >= 4 is 5.96 Å². The van der Waals surface area contributed by atoms with Gasteiger partial charge in [0.15, 0.2) is 5.96 Å². The average molecular weight is 322 g/mol. The zero-order valence-electron chi connectivity index (χ0n) is 15.5. The van der Waals surface area contributed by atoms with Gasteiger partial charge in [-0.1, -0.05) is 37.8 Å². The van der Waals surface area contributed by atoms with Gasteiger partial charge in [0, 0.05) is 24.7 Å². The highest BCUT2D eigenvalue weighted by atomic mass is 16.5. The van der Waals surface area contributed by atoms with Gasteiger partial charge in [-0.25, -0.2) is 0 Å². The molecule has 0 spiro atoms. The molecule has 0 bridgehead atoms. The summed E-state index contributed by atoms with van der Waals surface area (Å²) >= 11 is 0. The highest BCUT2D eigenvalue weighted by Gasteiger charge is 2.09. The molecule has 0 radical (unpaired) electrons. The maximum atomic E-state index is 5.20. The number of hydrogen-bond donors (Lipinski definition) is 2. The molecular formula is C18H34N4O. The molecule has 0 aliphatic carbocycles. The fourth-order valence-corrected chi connectivity index (χ4v) is 2.64. The van der Waals surface area contributed by atoms with Crippen LogP contribution in [0, 0.1) is 13.8 Å². The molecule has 5 nitrogen and oxygen atoms in total. The van der Waals surface area contributed by atoms with Crippen molar-refractivity contribution in [1.82, 2.24) is 15.8 Å². The maximum Gasteiger partial charge on any atom is 0.191 e. The third kappa shape index (κ3) is 7.53. The van der Waals surface area contributed by atoms with Crippen molar-refractivity contribution in [3.63, 3.8) is 0 Å². The van der Waals surface area contributed by atoms with Crippen LogP contribution in [0.25, 0.3) is 0 Å². The van der Waals surface area contributed by atoms with E-state index >= 15 is 0 Å². The second-order valence-electron chi connectivity index (χ2n) is 6.21. The Morgan fingerprint density at radius 1 is 1.22 bits per heavy atom. The van der Waals surface area contributed by atoms with E-state index in [1.807, 2.05) is 13.8 Å². The Kier molecular flexibility index (Phi) is 9.41. The van der Waals surface area contributed by atoms with Gasteiger partial charge >= 0.3 is 0 Å². The molecule has 0 aromatic carbocycles. The molecule has 0 aliphatic rings. The predicted molar refractivity (Wildman–Crippen MR) is 97.0 cm³/mol. The van der Waals surface area contributed by atoms with E-state index in [9.17, 15) is 0 Å². The summed E-state index contributed by atoms with van der Waals surface area (Å²) in [6, 6.07) is 0.448. The number of aliphatic imine (C=N–C) groups is 1. The average Bonchev–Trinajstić information content (AvgIpc) is 2.83. The van der Waals surface area contributed by atoms with Crippen LogP contribution in [-0.4, -0.2) is 30.2 Å². The molecule has 132 valence electrons. The lowest BCUT2D eigenvalue weighted by Crippen LogP contribution is -2.42. The van der Waals surface area contributed by atoms with E-state index in [0.29, 0.717) is 6.04 Å². The molecule has 1 aromatic heterocycles. The SMILES string of the molecule is CCCCCCC(C)NC(=NCCc1c(C)noc1C)NCC. The number of aryl methyl sites for hydroxylation is 2. The zero-order valence-corrected chi connectivity index (χ0v) is 15.5. The summed E-state index contributed by atoms with van der Waals surface area (Å²) in [5.41, 5.74) is 2.15. The van der Waals surface area contributed by atoms with Crippen molar-refractivity contribution < 1.29 is 4.52 Å². The van der Waals surface area contributed by atoms with Gasteiger partial charge in [-0.15, -0.1) is 0 Å². The van der Waals surface area contributed by atoms with E-state index in [0.717, 1.165) is 36.9 Å². The normalized spacial score (nSPS) is 13.2. The van der Waals surface area contributed by atoms with E-state index < -0.39 is 0 Å². The van der Waals surface area contributed by atoms with Crippen LogP contribution in [0.5, 0.6) is 0 Å². The van der Waals surface area contributed by atoms with Crippen molar-refractivity contribution in [2.45, 2.75) is 79.2 Å². The first-order valence-electron chi connectivity index (χ1n) is 9.05. The minimum Gasteiger partial charge on any atom is -0.361 e. The van der Waals surface area contributed by atoms with Crippen LogP contribution in [0.2, 0.25) is 0 Å². The van der Waals surface area contributed by atoms with Crippen LogP contribution in [0.1, 0.15) is 69.9 Å². The lowest BCUT2D eigenvalue weighted by molar-refractivity contribution is 0.392. The van der Waals surface area contributed by atoms with Gasteiger partial charge in [0.05, 0.1) is 5.69 Å². The van der Waals surface area contributed by atoms with Gasteiger partial charge in [0.2, 0.25) is 0 Å². The van der Waals surface area contributed by atoms with Gasteiger partial charge in [0.1, 0.15) is 5.76 Å². The van der Waals surface area contributed by atoms with Crippen LogP contribution in [0.15, 0.2) is 9.52 Å². The molecule has 0 saturated carbocycles. The van der Waals surface area contributed by atoms with Gasteiger partial charge in [0.25, 0.3) is 0 Å². The standard InChI is InChI=1S/C18H34N4O/c1-6-8-9-10-11-14(3)21-18(19-7-2)20-13-12-17-15(4)22-23-16(17)5/h14H,6-13H2,1-5H3,(H2,19,20,21). The smallest absolute Gasteiger partial charge is 0.191 e. The molecule has 0 amide bonds. The fourth-order valence-electron chi connectivity index (χ4n) is 2.64. The lowest BCUT2D eigenvalue weighted by atomic mass is 10.1. The highest BCUT2D eigenvalue weighted by molar-refractivity contribution is 5.80. The third-order valence-corrected chi connectivity index (χ3v) is 4.03. The van der Waals surface area contributed by atoms with Crippen LogP contribution >= 0.6 is 0 Å². The van der Waals surface area contributed by atoms with Crippen molar-refractivity contribution in [3.8, 4) is 0 Å². The van der Waals surface area contributed by atoms with Gasteiger partial charge in [-0.05, 0) is 40.5 Å². The number of rotatable bonds is 10. The summed E-state index contributed by atoms with van der Waals surface area (Å²) in [6.07, 6.45) is 7.27. The highest BCUT2D eigenvalue weighted by Crippen LogP contribution is 2.12. The van der Waals surface area contributed by atoms with E-state index in [2.05, 4.69) is 41.6 Å². The summed E-state index contributed by atoms with van der Waals surface area (Å²) in [5, 5.41) is 10.8. The maximum absolute atomic E-state index is 5.20. The Morgan fingerprint density at radius 3 is 2.61 bits per heavy atom. The molecule has 0 fully saturated rings. The predicted octanol–water partition coefficient (Wildman–Crippen LogP) is 3.75. The number of guanidine groups is 1. The van der Waals surface area contributed by atoms with Crippen molar-refractivity contribution in [2.75, 3.05) is 13.1 Å². The van der Waals surface area contributed by atoms with Crippen LogP contribution < -0.4 is 10.6 Å². The summed E-state index contributed by atoms with van der Waals surface area (Å²) in [5.74, 6) is 1.81. The molecule has 1 aromatic rings. The quantitative estimate of drug-likeness (QED) is 0.391.